The van der Waals surface area contributed by atoms with Crippen molar-refractivity contribution in [3.63, 3.8) is 0 Å². The molecule has 2 aliphatic rings. The van der Waals surface area contributed by atoms with Crippen molar-refractivity contribution in [2.45, 2.75) is 13.3 Å². The van der Waals surface area contributed by atoms with E-state index in [0.29, 0.717) is 44.0 Å². The van der Waals surface area contributed by atoms with Crippen LogP contribution in [-0.2, 0) is 14.3 Å². The van der Waals surface area contributed by atoms with Crippen molar-refractivity contribution in [2.24, 2.45) is 11.3 Å². The van der Waals surface area contributed by atoms with Gasteiger partial charge in [-0.3, -0.25) is 14.5 Å². The topological polar surface area (TPSA) is 78.9 Å². The smallest absolute Gasteiger partial charge is 0.311 e. The van der Waals surface area contributed by atoms with E-state index in [1.807, 2.05) is 4.90 Å². The molecular weight excluding hydrogens is 315 g/mol. The van der Waals surface area contributed by atoms with Gasteiger partial charge in [0.05, 0.1) is 18.6 Å². The maximum Gasteiger partial charge on any atom is 0.311 e. The number of ether oxygens (including phenoxy) is 1. The number of likely N-dealkylation sites (tertiary alicyclic amines) is 1. The molecule has 7 heteroatoms. The number of fused-ring (bicyclic) bond motifs is 1. The van der Waals surface area contributed by atoms with Crippen LogP contribution in [0.2, 0.25) is 0 Å². The fourth-order valence-corrected chi connectivity index (χ4v) is 3.68. The van der Waals surface area contributed by atoms with Gasteiger partial charge in [-0.15, -0.1) is 0 Å². The molecule has 2 heterocycles. The molecule has 130 valence electrons. The number of carbonyl (C=O) groups excluding carboxylic acids is 1. The molecule has 2 N–H and O–H groups in total. The summed E-state index contributed by atoms with van der Waals surface area (Å²) in [6.45, 7) is 3.58. The lowest BCUT2D eigenvalue weighted by Crippen LogP contribution is -2.45. The van der Waals surface area contributed by atoms with E-state index in [4.69, 9.17) is 4.74 Å². The Balaban J connectivity index is 1.64. The molecule has 0 spiro atoms. The van der Waals surface area contributed by atoms with E-state index in [1.54, 1.807) is 6.92 Å². The zero-order valence-corrected chi connectivity index (χ0v) is 13.5. The number of carboxylic acids is 1. The first-order valence-electron chi connectivity index (χ1n) is 8.00. The number of anilines is 1. The maximum absolute atomic E-state index is 13.1. The SMILES string of the molecule is Cc1cc(F)ccc1NC(=O)CN1C[C@@H]2COCC[C@]2(C(=O)O)C1. The van der Waals surface area contributed by atoms with Crippen molar-refractivity contribution in [3.05, 3.63) is 29.6 Å². The number of carboxylic acid groups (broad SMARTS) is 1. The molecule has 0 aromatic heterocycles. The zero-order valence-electron chi connectivity index (χ0n) is 13.5. The molecule has 0 unspecified atom stereocenters. The van der Waals surface area contributed by atoms with E-state index in [2.05, 4.69) is 5.32 Å². The minimum atomic E-state index is -0.815. The highest BCUT2D eigenvalue weighted by Crippen LogP contribution is 2.42. The number of nitrogens with one attached hydrogen (secondary N) is 1. The Morgan fingerprint density at radius 3 is 2.96 bits per heavy atom. The number of hydrogen-bond donors (Lipinski definition) is 2. The van der Waals surface area contributed by atoms with Crippen molar-refractivity contribution in [1.82, 2.24) is 4.90 Å². The van der Waals surface area contributed by atoms with E-state index in [-0.39, 0.29) is 24.2 Å². The number of aryl methyl sites for hydroxylation is 1. The fourth-order valence-electron chi connectivity index (χ4n) is 3.68. The third kappa shape index (κ3) is 3.14. The number of benzene rings is 1. The van der Waals surface area contributed by atoms with Crippen molar-refractivity contribution in [3.8, 4) is 0 Å². The monoisotopic (exact) mass is 336 g/mol. The van der Waals surface area contributed by atoms with E-state index in [1.165, 1.54) is 18.2 Å². The summed E-state index contributed by atoms with van der Waals surface area (Å²) in [5.41, 5.74) is 0.396. The molecule has 2 aliphatic heterocycles. The summed E-state index contributed by atoms with van der Waals surface area (Å²) in [6.07, 6.45) is 0.474. The average Bonchev–Trinajstić information content (AvgIpc) is 2.89. The van der Waals surface area contributed by atoms with Crippen LogP contribution < -0.4 is 5.32 Å². The number of halogens is 1. The van der Waals surface area contributed by atoms with Crippen LogP contribution in [0.3, 0.4) is 0 Å². The molecule has 1 aromatic rings. The Bertz CT molecular complexity index is 666. The largest absolute Gasteiger partial charge is 0.481 e. The molecular formula is C17H21FN2O4. The van der Waals surface area contributed by atoms with E-state index in [9.17, 15) is 19.1 Å². The van der Waals surface area contributed by atoms with Gasteiger partial charge in [0, 0.05) is 31.3 Å². The van der Waals surface area contributed by atoms with E-state index < -0.39 is 11.4 Å². The standard InChI is InChI=1S/C17H21FN2O4/c1-11-6-13(18)2-3-14(11)19-15(21)8-20-7-12-9-24-5-4-17(12,10-20)16(22)23/h2-3,6,12H,4-5,7-10H2,1H3,(H,19,21)(H,22,23)/t12-,17+/m1/s1. The molecule has 3 rings (SSSR count). The maximum atomic E-state index is 13.1. The van der Waals surface area contributed by atoms with Crippen LogP contribution in [0.5, 0.6) is 0 Å². The lowest BCUT2D eigenvalue weighted by molar-refractivity contribution is -0.157. The molecule has 2 saturated heterocycles. The van der Waals surface area contributed by atoms with Gasteiger partial charge in [0.1, 0.15) is 5.82 Å². The summed E-state index contributed by atoms with van der Waals surface area (Å²) >= 11 is 0. The van der Waals surface area contributed by atoms with Gasteiger partial charge in [0.25, 0.3) is 0 Å². The minimum Gasteiger partial charge on any atom is -0.481 e. The van der Waals surface area contributed by atoms with Crippen LogP contribution in [0.25, 0.3) is 0 Å². The molecule has 1 amide bonds. The van der Waals surface area contributed by atoms with Gasteiger partial charge in [-0.05, 0) is 37.1 Å². The third-order valence-corrected chi connectivity index (χ3v) is 5.03. The normalized spacial score (nSPS) is 26.8. The summed E-state index contributed by atoms with van der Waals surface area (Å²) in [5.74, 6) is -1.49. The first kappa shape index (κ1) is 16.9. The summed E-state index contributed by atoms with van der Waals surface area (Å²) in [6, 6.07) is 4.18. The molecule has 0 bridgehead atoms. The number of aliphatic carboxylic acids is 1. The number of amides is 1. The molecule has 0 saturated carbocycles. The Morgan fingerprint density at radius 2 is 2.29 bits per heavy atom. The molecule has 1 aromatic carbocycles. The van der Waals surface area contributed by atoms with Crippen LogP contribution in [0.1, 0.15) is 12.0 Å². The van der Waals surface area contributed by atoms with Crippen molar-refractivity contribution in [2.75, 3.05) is 38.2 Å². The quantitative estimate of drug-likeness (QED) is 0.871. The summed E-state index contributed by atoms with van der Waals surface area (Å²) in [4.78, 5) is 25.9. The summed E-state index contributed by atoms with van der Waals surface area (Å²) in [5, 5.41) is 12.4. The van der Waals surface area contributed by atoms with Gasteiger partial charge in [0.15, 0.2) is 0 Å². The summed E-state index contributed by atoms with van der Waals surface area (Å²) < 4.78 is 18.5. The molecule has 6 nitrogen and oxygen atoms in total. The first-order chi connectivity index (χ1) is 11.4. The average molecular weight is 336 g/mol. The predicted molar refractivity (Wildman–Crippen MR) is 85.2 cm³/mol. The Kier molecular flexibility index (Phi) is 4.56. The van der Waals surface area contributed by atoms with Crippen molar-refractivity contribution in [1.29, 1.82) is 0 Å². The molecule has 24 heavy (non-hydrogen) atoms. The second kappa shape index (κ2) is 6.49. The van der Waals surface area contributed by atoms with Gasteiger partial charge < -0.3 is 15.2 Å². The van der Waals surface area contributed by atoms with Crippen LogP contribution in [-0.4, -0.2) is 54.7 Å². The Morgan fingerprint density at radius 1 is 1.50 bits per heavy atom. The van der Waals surface area contributed by atoms with Gasteiger partial charge in [-0.1, -0.05) is 0 Å². The highest BCUT2D eigenvalue weighted by molar-refractivity contribution is 5.93. The van der Waals surface area contributed by atoms with Crippen molar-refractivity contribution >= 4 is 17.6 Å². The number of rotatable bonds is 4. The van der Waals surface area contributed by atoms with Gasteiger partial charge in [0.2, 0.25) is 5.91 Å². The van der Waals surface area contributed by atoms with Crippen LogP contribution in [0, 0.1) is 24.1 Å². The Hall–Kier alpha value is -1.99. The molecule has 2 fully saturated rings. The van der Waals surface area contributed by atoms with Crippen LogP contribution >= 0.6 is 0 Å². The van der Waals surface area contributed by atoms with Gasteiger partial charge in [-0.2, -0.15) is 0 Å². The number of nitrogens with zero attached hydrogens (tertiary/aromatic N) is 1. The fraction of sp³-hybridized carbons (Fsp3) is 0.529. The van der Waals surface area contributed by atoms with E-state index in [0.717, 1.165) is 0 Å². The second-order valence-corrected chi connectivity index (χ2v) is 6.66. The lowest BCUT2D eigenvalue weighted by Gasteiger charge is -2.34. The van der Waals surface area contributed by atoms with Crippen LogP contribution in [0.15, 0.2) is 18.2 Å². The highest BCUT2D eigenvalue weighted by atomic mass is 19.1. The minimum absolute atomic E-state index is 0.0934. The highest BCUT2D eigenvalue weighted by Gasteiger charge is 2.53. The molecule has 0 radical (unpaired) electrons. The van der Waals surface area contributed by atoms with E-state index >= 15 is 0 Å². The third-order valence-electron chi connectivity index (χ3n) is 5.03. The van der Waals surface area contributed by atoms with Crippen LogP contribution in [0.4, 0.5) is 10.1 Å². The van der Waals surface area contributed by atoms with Crippen molar-refractivity contribution < 1.29 is 23.8 Å². The predicted octanol–water partition coefficient (Wildman–Crippen LogP) is 1.50. The molecule has 0 aliphatic carbocycles. The summed E-state index contributed by atoms with van der Waals surface area (Å²) in [7, 11) is 0. The lowest BCUT2D eigenvalue weighted by atomic mass is 9.74. The Labute approximate surface area is 139 Å². The van der Waals surface area contributed by atoms with Gasteiger partial charge >= 0.3 is 5.97 Å². The first-order valence-corrected chi connectivity index (χ1v) is 8.00. The number of hydrogen-bond acceptors (Lipinski definition) is 4. The zero-order chi connectivity index (χ0) is 17.3. The van der Waals surface area contributed by atoms with Gasteiger partial charge in [-0.25, -0.2) is 4.39 Å². The molecule has 2 atom stereocenters. The number of carbonyl (C=O) groups is 2. The second-order valence-electron chi connectivity index (χ2n) is 6.66.